The lowest BCUT2D eigenvalue weighted by atomic mass is 9.52. The first-order valence-corrected chi connectivity index (χ1v) is 10.5. The van der Waals surface area contributed by atoms with E-state index in [1.54, 1.807) is 0 Å². The molecule has 1 heterocycles. The zero-order chi connectivity index (χ0) is 18.1. The Balaban J connectivity index is 1.52. The van der Waals surface area contributed by atoms with Gasteiger partial charge in [-0.05, 0) is 16.7 Å². The van der Waals surface area contributed by atoms with Crippen LogP contribution in [0.3, 0.4) is 0 Å². The highest BCUT2D eigenvalue weighted by Gasteiger charge is 3.11. The first-order valence-electron chi connectivity index (χ1n) is 10.5. The van der Waals surface area contributed by atoms with E-state index in [1.165, 1.54) is 16.7 Å². The first kappa shape index (κ1) is 14.3. The third-order valence-corrected chi connectivity index (χ3v) is 9.18. The third-order valence-electron chi connectivity index (χ3n) is 9.18. The number of nitrogens with zero attached hydrogens (tertiary/aromatic N) is 2. The molecule has 3 aromatic carbocycles. The van der Waals surface area contributed by atoms with Gasteiger partial charge in [0.2, 0.25) is 0 Å². The summed E-state index contributed by atoms with van der Waals surface area (Å²) in [5.74, 6) is 1.84. The van der Waals surface area contributed by atoms with Crippen LogP contribution in [0.5, 0.6) is 0 Å². The van der Waals surface area contributed by atoms with Crippen molar-refractivity contribution < 1.29 is 0 Å². The second-order valence-electron chi connectivity index (χ2n) is 9.31. The quantitative estimate of drug-likeness (QED) is 0.634. The second-order valence-corrected chi connectivity index (χ2v) is 9.31. The van der Waals surface area contributed by atoms with Crippen LogP contribution in [0.15, 0.2) is 101 Å². The molecule has 9 rings (SSSR count). The number of azo groups is 1. The van der Waals surface area contributed by atoms with Crippen LogP contribution in [-0.2, 0) is 16.2 Å². The van der Waals surface area contributed by atoms with Crippen LogP contribution in [0.1, 0.15) is 16.7 Å². The molecule has 2 nitrogen and oxygen atoms in total. The van der Waals surface area contributed by atoms with Gasteiger partial charge in [-0.2, -0.15) is 10.2 Å². The van der Waals surface area contributed by atoms with E-state index in [-0.39, 0.29) is 16.2 Å². The molecule has 6 aliphatic rings. The number of benzene rings is 3. The molecule has 0 saturated heterocycles. The average Bonchev–Trinajstić information content (AvgIpc) is 3.21. The highest BCUT2D eigenvalue weighted by molar-refractivity contribution is 5.80. The molecule has 5 aliphatic carbocycles. The minimum Gasteiger partial charge on any atom is -0.190 e. The van der Waals surface area contributed by atoms with Crippen molar-refractivity contribution in [2.75, 3.05) is 0 Å². The molecular weight excluding hydrogens is 340 g/mol. The van der Waals surface area contributed by atoms with Crippen molar-refractivity contribution in [2.45, 2.75) is 28.3 Å². The van der Waals surface area contributed by atoms with Crippen molar-refractivity contribution in [2.24, 2.45) is 28.0 Å². The molecule has 0 N–H and O–H groups in total. The lowest BCUT2D eigenvalue weighted by molar-refractivity contribution is 0.0825. The maximum atomic E-state index is 4.82. The summed E-state index contributed by atoms with van der Waals surface area (Å²) in [4.78, 5) is 0. The van der Waals surface area contributed by atoms with Gasteiger partial charge in [0.25, 0.3) is 0 Å². The predicted octanol–water partition coefficient (Wildman–Crippen LogP) is 4.91. The lowest BCUT2D eigenvalue weighted by Crippen LogP contribution is -2.55. The zero-order valence-corrected chi connectivity index (χ0v) is 15.4. The van der Waals surface area contributed by atoms with Crippen molar-refractivity contribution in [3.8, 4) is 0 Å². The van der Waals surface area contributed by atoms with Gasteiger partial charge in [0.05, 0.1) is 12.1 Å². The molecule has 0 aromatic heterocycles. The van der Waals surface area contributed by atoms with Gasteiger partial charge >= 0.3 is 0 Å². The molecule has 0 amide bonds. The SMILES string of the molecule is c1ccc(C23C4[C@H]5N=N[C@@H]4[C@H]4[C@@H]5[C@@]2(c2ccccc2)[C@]43c2ccccc2)cc1. The Morgan fingerprint density at radius 3 is 1.11 bits per heavy atom. The van der Waals surface area contributed by atoms with Crippen LogP contribution in [0.4, 0.5) is 0 Å². The summed E-state index contributed by atoms with van der Waals surface area (Å²) < 4.78 is 0. The Labute approximate surface area is 164 Å². The number of hydrogen-bond acceptors (Lipinski definition) is 2. The van der Waals surface area contributed by atoms with E-state index in [2.05, 4.69) is 91.0 Å². The van der Waals surface area contributed by atoms with E-state index in [9.17, 15) is 0 Å². The smallest absolute Gasteiger partial charge is 0.0807 e. The van der Waals surface area contributed by atoms with Crippen molar-refractivity contribution in [1.29, 1.82) is 0 Å². The summed E-state index contributed by atoms with van der Waals surface area (Å²) in [6.07, 6.45) is 0. The monoisotopic (exact) mass is 360 g/mol. The van der Waals surface area contributed by atoms with Gasteiger partial charge in [-0.25, -0.2) is 0 Å². The number of hydrogen-bond donors (Lipinski definition) is 0. The fourth-order valence-electron chi connectivity index (χ4n) is 9.24. The Hall–Kier alpha value is -2.74. The van der Waals surface area contributed by atoms with Gasteiger partial charge in [-0.1, -0.05) is 91.0 Å². The average molecular weight is 360 g/mol. The van der Waals surface area contributed by atoms with Gasteiger partial charge in [-0.3, -0.25) is 0 Å². The molecule has 5 fully saturated rings. The van der Waals surface area contributed by atoms with Crippen molar-refractivity contribution in [3.63, 3.8) is 0 Å². The molecule has 28 heavy (non-hydrogen) atoms. The fraction of sp³-hybridized carbons (Fsp3) is 0.308. The summed E-state index contributed by atoms with van der Waals surface area (Å²) in [6.45, 7) is 0. The summed E-state index contributed by atoms with van der Waals surface area (Å²) in [5.41, 5.74) is 5.05. The molecule has 2 heteroatoms. The van der Waals surface area contributed by atoms with E-state index in [0.29, 0.717) is 29.8 Å². The molecule has 3 aromatic rings. The van der Waals surface area contributed by atoms with E-state index >= 15 is 0 Å². The summed E-state index contributed by atoms with van der Waals surface area (Å²) in [7, 11) is 0. The fourth-order valence-corrected chi connectivity index (χ4v) is 9.24. The maximum absolute atomic E-state index is 4.82. The third kappa shape index (κ3) is 1.00. The van der Waals surface area contributed by atoms with E-state index in [4.69, 9.17) is 10.2 Å². The van der Waals surface area contributed by atoms with E-state index in [0.717, 1.165) is 0 Å². The van der Waals surface area contributed by atoms with Gasteiger partial charge in [-0.15, -0.1) is 0 Å². The van der Waals surface area contributed by atoms with Gasteiger partial charge < -0.3 is 0 Å². The Bertz CT molecular complexity index is 1090. The zero-order valence-electron chi connectivity index (χ0n) is 15.4. The molecule has 134 valence electrons. The van der Waals surface area contributed by atoms with Crippen LogP contribution in [-0.4, -0.2) is 12.1 Å². The van der Waals surface area contributed by atoms with Crippen LogP contribution in [0, 0.1) is 17.8 Å². The highest BCUT2D eigenvalue weighted by Crippen LogP contribution is 3.05. The Kier molecular flexibility index (Phi) is 2.12. The van der Waals surface area contributed by atoms with Gasteiger partial charge in [0.1, 0.15) is 0 Å². The van der Waals surface area contributed by atoms with E-state index < -0.39 is 0 Å². The maximum Gasteiger partial charge on any atom is 0.0807 e. The van der Waals surface area contributed by atoms with Gasteiger partial charge in [0.15, 0.2) is 0 Å². The van der Waals surface area contributed by atoms with Crippen molar-refractivity contribution in [1.82, 2.24) is 0 Å². The minimum absolute atomic E-state index is 0.137. The predicted molar refractivity (Wildman–Crippen MR) is 107 cm³/mol. The minimum atomic E-state index is 0.137. The molecular formula is C26H20N2. The molecule has 2 unspecified atom stereocenters. The van der Waals surface area contributed by atoms with Crippen LogP contribution >= 0.6 is 0 Å². The second kappa shape index (κ2) is 4.15. The van der Waals surface area contributed by atoms with E-state index in [1.807, 2.05) is 0 Å². The Morgan fingerprint density at radius 2 is 0.750 bits per heavy atom. The molecule has 1 aliphatic heterocycles. The van der Waals surface area contributed by atoms with Crippen LogP contribution < -0.4 is 0 Å². The molecule has 5 saturated carbocycles. The summed E-state index contributed by atoms with van der Waals surface area (Å²) >= 11 is 0. The van der Waals surface area contributed by atoms with Crippen LogP contribution in [0.25, 0.3) is 0 Å². The topological polar surface area (TPSA) is 24.7 Å². The lowest BCUT2D eigenvalue weighted by Gasteiger charge is -2.51. The molecule has 0 radical (unpaired) electrons. The summed E-state index contributed by atoms with van der Waals surface area (Å²) in [6, 6.07) is 34.9. The Morgan fingerprint density at radius 1 is 0.429 bits per heavy atom. The largest absolute Gasteiger partial charge is 0.190 e. The van der Waals surface area contributed by atoms with Gasteiger partial charge in [0, 0.05) is 34.0 Å². The first-order chi connectivity index (χ1) is 13.9. The summed E-state index contributed by atoms with van der Waals surface area (Å²) in [5, 5.41) is 9.63. The van der Waals surface area contributed by atoms with Crippen LogP contribution in [0.2, 0.25) is 0 Å². The van der Waals surface area contributed by atoms with Crippen molar-refractivity contribution in [3.05, 3.63) is 108 Å². The number of rotatable bonds is 3. The molecule has 5 bridgehead atoms. The van der Waals surface area contributed by atoms with Crippen molar-refractivity contribution >= 4 is 0 Å². The standard InChI is InChI=1S/C26H20N2/c1-4-10-16(11-5-1)24-19-20-23-21(22(19)27-28-23)26(24,18-14-8-3-9-15-18)25(20,24)17-12-6-2-7-13-17/h1-15,19-23H/t19-,20+,21?,22-,23+,24-,25-,26?/m0/s1. The molecule has 0 spiro atoms. The molecule has 8 atom stereocenters. The highest BCUT2D eigenvalue weighted by atomic mass is 15.3. The normalized spacial score (nSPS) is 47.2.